The molecule has 0 N–H and O–H groups in total. The lowest BCUT2D eigenvalue weighted by Crippen LogP contribution is -2.26. The molecule has 3 aromatic carbocycles. The summed E-state index contributed by atoms with van der Waals surface area (Å²) < 4.78 is 0. The Morgan fingerprint density at radius 3 is 2.38 bits per heavy atom. The van der Waals surface area contributed by atoms with Gasteiger partial charge in [-0.1, -0.05) is 102 Å². The van der Waals surface area contributed by atoms with Gasteiger partial charge < -0.3 is 0 Å². The molecular formula is C25H19Si. The summed E-state index contributed by atoms with van der Waals surface area (Å²) in [5, 5.41) is 1.95. The van der Waals surface area contributed by atoms with Crippen molar-refractivity contribution in [1.82, 2.24) is 0 Å². The summed E-state index contributed by atoms with van der Waals surface area (Å²) in [6, 6.07) is 29.3. The molecule has 0 saturated carbocycles. The number of fused-ring (bicyclic) bond motifs is 8. The number of benzene rings is 3. The lowest BCUT2D eigenvalue weighted by atomic mass is 9.81. The standard InChI is InChI=1S/C25H19Si/c1-2-10-18(11-3-1)22-15-8-9-17-25(22)24-21-14-5-4-12-19(21)20-13-6-7-16-23(20)26(24)25/h1-16,24H,17H2. The van der Waals surface area contributed by atoms with Crippen LogP contribution in [0.15, 0.2) is 97.1 Å². The molecule has 0 amide bonds. The largest absolute Gasteiger partial charge is 0.107 e. The molecular weight excluding hydrogens is 328 g/mol. The molecule has 2 unspecified atom stereocenters. The molecule has 1 heteroatoms. The Labute approximate surface area is 156 Å². The molecule has 123 valence electrons. The van der Waals surface area contributed by atoms with E-state index in [-0.39, 0.29) is 0 Å². The van der Waals surface area contributed by atoms with Gasteiger partial charge in [-0.25, -0.2) is 0 Å². The molecule has 2 heterocycles. The number of hydrogen-bond donors (Lipinski definition) is 0. The summed E-state index contributed by atoms with van der Waals surface area (Å²) in [6.45, 7) is 0. The summed E-state index contributed by atoms with van der Waals surface area (Å²) in [5.74, 6) is 0. The van der Waals surface area contributed by atoms with Crippen LogP contribution in [0.5, 0.6) is 0 Å². The number of allylic oxidation sites excluding steroid dienone is 4. The molecule has 3 aliphatic rings. The maximum Gasteiger partial charge on any atom is 0.107 e. The van der Waals surface area contributed by atoms with E-state index >= 15 is 0 Å². The average molecular weight is 348 g/mol. The Balaban J connectivity index is 1.61. The first-order valence-electron chi connectivity index (χ1n) is 9.40. The van der Waals surface area contributed by atoms with E-state index in [4.69, 9.17) is 0 Å². The number of rotatable bonds is 1. The third-order valence-electron chi connectivity index (χ3n) is 6.36. The van der Waals surface area contributed by atoms with Crippen LogP contribution in [0.1, 0.15) is 23.1 Å². The van der Waals surface area contributed by atoms with Gasteiger partial charge in [0.2, 0.25) is 0 Å². The molecule has 1 spiro atoms. The Kier molecular flexibility index (Phi) is 2.89. The van der Waals surface area contributed by atoms with Crippen molar-refractivity contribution in [3.8, 4) is 11.1 Å². The van der Waals surface area contributed by atoms with Crippen LogP contribution in [0.25, 0.3) is 16.7 Å². The average Bonchev–Trinajstić information content (AvgIpc) is 3.38. The van der Waals surface area contributed by atoms with Crippen molar-refractivity contribution in [2.45, 2.75) is 17.0 Å². The molecule has 26 heavy (non-hydrogen) atoms. The minimum absolute atomic E-state index is 0.309. The predicted octanol–water partition coefficient (Wildman–Crippen LogP) is 5.49. The van der Waals surface area contributed by atoms with Crippen molar-refractivity contribution < 1.29 is 0 Å². The third-order valence-corrected chi connectivity index (χ3v) is 10.2. The Bertz CT molecular complexity index is 1020. The molecule has 2 aliphatic heterocycles. The van der Waals surface area contributed by atoms with Gasteiger partial charge in [-0.05, 0) is 39.8 Å². The fourth-order valence-corrected chi connectivity index (χ4v) is 9.71. The normalized spacial score (nSPS) is 25.2. The van der Waals surface area contributed by atoms with E-state index in [9.17, 15) is 0 Å². The molecule has 2 atom stereocenters. The quantitative estimate of drug-likeness (QED) is 0.511. The van der Waals surface area contributed by atoms with Gasteiger partial charge in [0.25, 0.3) is 0 Å². The molecule has 1 aliphatic carbocycles. The highest BCUT2D eigenvalue weighted by atomic mass is 28.3. The van der Waals surface area contributed by atoms with E-state index in [1.807, 2.05) is 0 Å². The summed E-state index contributed by atoms with van der Waals surface area (Å²) in [7, 11) is -0.670. The first kappa shape index (κ1) is 14.5. The van der Waals surface area contributed by atoms with Gasteiger partial charge in [0.15, 0.2) is 0 Å². The van der Waals surface area contributed by atoms with Gasteiger partial charge in [0.1, 0.15) is 8.80 Å². The van der Waals surface area contributed by atoms with Crippen LogP contribution in [0, 0.1) is 0 Å². The van der Waals surface area contributed by atoms with Crippen molar-refractivity contribution in [2.24, 2.45) is 0 Å². The summed E-state index contributed by atoms with van der Waals surface area (Å²) in [5.41, 5.74) is 8.17. The Morgan fingerprint density at radius 2 is 1.50 bits per heavy atom. The van der Waals surface area contributed by atoms with Gasteiger partial charge >= 0.3 is 0 Å². The minimum atomic E-state index is -0.670. The van der Waals surface area contributed by atoms with Gasteiger partial charge in [-0.2, -0.15) is 0 Å². The van der Waals surface area contributed by atoms with Crippen LogP contribution in [0.3, 0.4) is 0 Å². The van der Waals surface area contributed by atoms with Crippen LogP contribution in [0.2, 0.25) is 5.04 Å². The van der Waals surface area contributed by atoms with Gasteiger partial charge in [0, 0.05) is 5.04 Å². The summed E-state index contributed by atoms with van der Waals surface area (Å²) in [6.07, 6.45) is 8.22. The first-order chi connectivity index (χ1) is 12.9. The monoisotopic (exact) mass is 347 g/mol. The van der Waals surface area contributed by atoms with E-state index < -0.39 is 8.80 Å². The SMILES string of the molecule is C1=CCC2(C(c3ccccc3)=C1)C1c3ccccc3-c3ccccc3[Si]12. The van der Waals surface area contributed by atoms with Gasteiger partial charge in [0.05, 0.1) is 0 Å². The van der Waals surface area contributed by atoms with Crippen LogP contribution in [-0.2, 0) is 0 Å². The van der Waals surface area contributed by atoms with Crippen molar-refractivity contribution >= 4 is 19.6 Å². The Morgan fingerprint density at radius 1 is 0.769 bits per heavy atom. The predicted molar refractivity (Wildman–Crippen MR) is 111 cm³/mol. The lowest BCUT2D eigenvalue weighted by Gasteiger charge is -2.24. The second-order valence-electron chi connectivity index (χ2n) is 7.53. The summed E-state index contributed by atoms with van der Waals surface area (Å²) >= 11 is 0. The molecule has 1 radical (unpaired) electrons. The fraction of sp³-hybridized carbons (Fsp3) is 0.120. The third kappa shape index (κ3) is 1.74. The van der Waals surface area contributed by atoms with Gasteiger partial charge in [-0.15, -0.1) is 0 Å². The van der Waals surface area contributed by atoms with Crippen molar-refractivity contribution in [2.75, 3.05) is 0 Å². The van der Waals surface area contributed by atoms with Crippen LogP contribution < -0.4 is 5.19 Å². The smallest absolute Gasteiger partial charge is 0.0839 e. The maximum atomic E-state index is 2.41. The zero-order valence-electron chi connectivity index (χ0n) is 14.5. The van der Waals surface area contributed by atoms with Crippen molar-refractivity contribution in [3.05, 3.63) is 108 Å². The molecule has 3 aromatic rings. The molecule has 0 nitrogen and oxygen atoms in total. The second-order valence-corrected chi connectivity index (χ2v) is 10.4. The van der Waals surface area contributed by atoms with E-state index in [1.165, 1.54) is 23.1 Å². The van der Waals surface area contributed by atoms with Crippen LogP contribution >= 0.6 is 0 Å². The first-order valence-corrected chi connectivity index (χ1v) is 11.0. The highest BCUT2D eigenvalue weighted by Crippen LogP contribution is 2.75. The van der Waals surface area contributed by atoms with Crippen molar-refractivity contribution in [3.63, 3.8) is 0 Å². The highest BCUT2D eigenvalue weighted by Gasteiger charge is 2.70. The van der Waals surface area contributed by atoms with E-state index in [0.717, 1.165) is 0 Å². The highest BCUT2D eigenvalue weighted by molar-refractivity contribution is 6.92. The second kappa shape index (κ2) is 5.18. The maximum absolute atomic E-state index is 2.41. The fourth-order valence-electron chi connectivity index (χ4n) is 5.32. The zero-order valence-corrected chi connectivity index (χ0v) is 15.5. The molecule has 6 rings (SSSR count). The Hall–Kier alpha value is -2.64. The van der Waals surface area contributed by atoms with E-state index in [2.05, 4.69) is 97.1 Å². The van der Waals surface area contributed by atoms with Crippen molar-refractivity contribution in [1.29, 1.82) is 0 Å². The minimum Gasteiger partial charge on any atom is -0.0839 e. The molecule has 1 fully saturated rings. The lowest BCUT2D eigenvalue weighted by molar-refractivity contribution is 0.792. The number of hydrogen-bond acceptors (Lipinski definition) is 0. The molecule has 0 bridgehead atoms. The van der Waals surface area contributed by atoms with E-state index in [0.29, 0.717) is 10.6 Å². The van der Waals surface area contributed by atoms with Crippen LogP contribution in [-0.4, -0.2) is 8.80 Å². The zero-order chi connectivity index (χ0) is 17.1. The molecule has 1 saturated heterocycles. The summed E-state index contributed by atoms with van der Waals surface area (Å²) in [4.78, 5) is 0. The molecule has 0 aromatic heterocycles. The van der Waals surface area contributed by atoms with Crippen LogP contribution in [0.4, 0.5) is 0 Å². The van der Waals surface area contributed by atoms with E-state index in [1.54, 1.807) is 16.3 Å². The van der Waals surface area contributed by atoms with Gasteiger partial charge in [-0.3, -0.25) is 0 Å². The topological polar surface area (TPSA) is 0 Å².